The Kier molecular flexibility index (Phi) is 2.44. The number of carboxylic acid groups (broad SMARTS) is 1. The van der Waals surface area contributed by atoms with Crippen molar-refractivity contribution in [1.29, 1.82) is 0 Å². The normalized spacial score (nSPS) is 49.6. The van der Waals surface area contributed by atoms with Crippen molar-refractivity contribution < 1.29 is 20.0 Å². The van der Waals surface area contributed by atoms with E-state index in [9.17, 15) is 9.90 Å². The van der Waals surface area contributed by atoms with Gasteiger partial charge in [-0.1, -0.05) is 0 Å². The first kappa shape index (κ1) is 10.5. The second kappa shape index (κ2) is 3.70. The first-order chi connectivity index (χ1) is 7.72. The van der Waals surface area contributed by atoms with Crippen molar-refractivity contribution in [2.75, 3.05) is 6.61 Å². The fourth-order valence-corrected chi connectivity index (χ4v) is 4.82. The lowest BCUT2D eigenvalue weighted by atomic mass is 9.73. The zero-order chi connectivity index (χ0) is 11.3. The zero-order valence-electron chi connectivity index (χ0n) is 9.21. The Balaban J connectivity index is 1.79. The second-order valence-corrected chi connectivity index (χ2v) is 5.71. The second-order valence-electron chi connectivity index (χ2n) is 5.71. The Labute approximate surface area is 94.5 Å². The monoisotopic (exact) mass is 226 g/mol. The van der Waals surface area contributed by atoms with Crippen LogP contribution in [0, 0.1) is 35.5 Å². The van der Waals surface area contributed by atoms with E-state index in [0.29, 0.717) is 36.2 Å². The summed E-state index contributed by atoms with van der Waals surface area (Å²) >= 11 is 0. The molecule has 4 heteroatoms. The standard InChI is InChI=1S/C12H18O4/c13-12(14)9-2-1-8-6-3-7(5-16-15)10(4-6)11(8)9/h6-11,15H,1-5H2,(H,13,14). The molecule has 6 unspecified atom stereocenters. The first-order valence-electron chi connectivity index (χ1n) is 6.21. The van der Waals surface area contributed by atoms with Crippen LogP contribution in [0.25, 0.3) is 0 Å². The maximum atomic E-state index is 11.2. The summed E-state index contributed by atoms with van der Waals surface area (Å²) in [6.07, 6.45) is 4.23. The van der Waals surface area contributed by atoms with E-state index in [2.05, 4.69) is 4.89 Å². The number of aliphatic carboxylic acids is 1. The van der Waals surface area contributed by atoms with Gasteiger partial charge in [-0.15, -0.1) is 0 Å². The summed E-state index contributed by atoms with van der Waals surface area (Å²) in [6, 6.07) is 0. The van der Waals surface area contributed by atoms with Gasteiger partial charge in [0, 0.05) is 0 Å². The molecule has 3 rings (SSSR count). The van der Waals surface area contributed by atoms with Gasteiger partial charge in [0.2, 0.25) is 0 Å². The highest BCUT2D eigenvalue weighted by Crippen LogP contribution is 2.62. The first-order valence-corrected chi connectivity index (χ1v) is 6.21. The summed E-state index contributed by atoms with van der Waals surface area (Å²) in [7, 11) is 0. The molecule has 3 aliphatic rings. The predicted octanol–water partition coefficient (Wildman–Crippen LogP) is 1.86. The van der Waals surface area contributed by atoms with Gasteiger partial charge < -0.3 is 5.11 Å². The molecule has 2 N–H and O–H groups in total. The zero-order valence-corrected chi connectivity index (χ0v) is 9.21. The van der Waals surface area contributed by atoms with Gasteiger partial charge in [0.05, 0.1) is 12.5 Å². The molecule has 0 aromatic rings. The van der Waals surface area contributed by atoms with Crippen LogP contribution < -0.4 is 0 Å². The van der Waals surface area contributed by atoms with Crippen LogP contribution >= 0.6 is 0 Å². The molecule has 0 saturated heterocycles. The molecule has 3 saturated carbocycles. The summed E-state index contributed by atoms with van der Waals surface area (Å²) in [4.78, 5) is 15.5. The number of hydrogen-bond donors (Lipinski definition) is 2. The molecule has 3 fully saturated rings. The minimum absolute atomic E-state index is 0.138. The number of carboxylic acids is 1. The van der Waals surface area contributed by atoms with E-state index in [1.807, 2.05) is 0 Å². The molecule has 0 spiro atoms. The maximum Gasteiger partial charge on any atom is 0.306 e. The summed E-state index contributed by atoms with van der Waals surface area (Å²) in [6.45, 7) is 0.386. The van der Waals surface area contributed by atoms with Gasteiger partial charge in [0.1, 0.15) is 0 Å². The van der Waals surface area contributed by atoms with Crippen LogP contribution in [0.5, 0.6) is 0 Å². The SMILES string of the molecule is O=C(O)C1CCC2C3CC(COO)C(C3)C12. The van der Waals surface area contributed by atoms with Gasteiger partial charge >= 0.3 is 5.97 Å². The van der Waals surface area contributed by atoms with E-state index in [1.165, 1.54) is 0 Å². The summed E-state index contributed by atoms with van der Waals surface area (Å²) < 4.78 is 0. The molecule has 16 heavy (non-hydrogen) atoms. The molecule has 0 aromatic heterocycles. The Bertz CT molecular complexity index is 303. The lowest BCUT2D eigenvalue weighted by Crippen LogP contribution is -2.33. The molecule has 2 bridgehead atoms. The average Bonchev–Trinajstić information content (AvgIpc) is 2.85. The molecule has 0 aromatic carbocycles. The number of hydrogen-bond acceptors (Lipinski definition) is 3. The van der Waals surface area contributed by atoms with Crippen LogP contribution in [-0.2, 0) is 9.68 Å². The van der Waals surface area contributed by atoms with Gasteiger partial charge in [0.15, 0.2) is 0 Å². The minimum atomic E-state index is -0.622. The van der Waals surface area contributed by atoms with E-state index >= 15 is 0 Å². The molecule has 3 aliphatic carbocycles. The highest BCUT2D eigenvalue weighted by Gasteiger charge is 2.58. The van der Waals surface area contributed by atoms with Crippen LogP contribution in [0.4, 0.5) is 0 Å². The van der Waals surface area contributed by atoms with Gasteiger partial charge in [0.25, 0.3) is 0 Å². The summed E-state index contributed by atoms with van der Waals surface area (Å²) in [5.41, 5.74) is 0. The van der Waals surface area contributed by atoms with Crippen molar-refractivity contribution in [3.8, 4) is 0 Å². The average molecular weight is 226 g/mol. The molecule has 0 amide bonds. The largest absolute Gasteiger partial charge is 0.481 e. The third kappa shape index (κ3) is 1.32. The smallest absolute Gasteiger partial charge is 0.306 e. The van der Waals surface area contributed by atoms with Crippen molar-refractivity contribution in [1.82, 2.24) is 0 Å². The Morgan fingerprint density at radius 2 is 2.06 bits per heavy atom. The maximum absolute atomic E-state index is 11.2. The van der Waals surface area contributed by atoms with Crippen molar-refractivity contribution in [3.63, 3.8) is 0 Å². The molecular formula is C12H18O4. The van der Waals surface area contributed by atoms with Crippen molar-refractivity contribution in [3.05, 3.63) is 0 Å². The summed E-state index contributed by atoms with van der Waals surface area (Å²) in [5, 5.41) is 17.8. The number of fused-ring (bicyclic) bond motifs is 5. The van der Waals surface area contributed by atoms with Gasteiger partial charge in [-0.2, -0.15) is 0 Å². The van der Waals surface area contributed by atoms with Crippen molar-refractivity contribution >= 4 is 5.97 Å². The van der Waals surface area contributed by atoms with E-state index < -0.39 is 5.97 Å². The third-order valence-corrected chi connectivity index (χ3v) is 5.26. The topological polar surface area (TPSA) is 66.8 Å². The van der Waals surface area contributed by atoms with Crippen LogP contribution in [0.1, 0.15) is 25.7 Å². The van der Waals surface area contributed by atoms with Crippen LogP contribution in [-0.4, -0.2) is 22.9 Å². The highest BCUT2D eigenvalue weighted by atomic mass is 17.1. The van der Waals surface area contributed by atoms with Crippen molar-refractivity contribution in [2.24, 2.45) is 35.5 Å². The van der Waals surface area contributed by atoms with Gasteiger partial charge in [-0.05, 0) is 55.3 Å². The fraction of sp³-hybridized carbons (Fsp3) is 0.917. The van der Waals surface area contributed by atoms with Crippen LogP contribution in [0.3, 0.4) is 0 Å². The number of carbonyl (C=O) groups is 1. The summed E-state index contributed by atoms with van der Waals surface area (Å²) in [5.74, 6) is 1.80. The third-order valence-electron chi connectivity index (χ3n) is 5.26. The Morgan fingerprint density at radius 3 is 2.75 bits per heavy atom. The molecule has 90 valence electrons. The number of rotatable bonds is 3. The van der Waals surface area contributed by atoms with E-state index in [0.717, 1.165) is 25.7 Å². The molecule has 4 nitrogen and oxygen atoms in total. The lowest BCUT2D eigenvalue weighted by molar-refractivity contribution is -0.255. The molecule has 0 aliphatic heterocycles. The molecule has 0 heterocycles. The van der Waals surface area contributed by atoms with Crippen LogP contribution in [0.15, 0.2) is 0 Å². The van der Waals surface area contributed by atoms with E-state index in [4.69, 9.17) is 5.26 Å². The minimum Gasteiger partial charge on any atom is -0.481 e. The van der Waals surface area contributed by atoms with Crippen LogP contribution in [0.2, 0.25) is 0 Å². The molecule has 6 atom stereocenters. The molecule has 0 radical (unpaired) electrons. The van der Waals surface area contributed by atoms with Crippen molar-refractivity contribution in [2.45, 2.75) is 25.7 Å². The van der Waals surface area contributed by atoms with Gasteiger partial charge in [-0.25, -0.2) is 4.89 Å². The van der Waals surface area contributed by atoms with Gasteiger partial charge in [-0.3, -0.25) is 10.1 Å². The van der Waals surface area contributed by atoms with E-state index in [1.54, 1.807) is 0 Å². The highest BCUT2D eigenvalue weighted by molar-refractivity contribution is 5.71. The predicted molar refractivity (Wildman–Crippen MR) is 55.6 cm³/mol. The Morgan fingerprint density at radius 1 is 1.25 bits per heavy atom. The molecular weight excluding hydrogens is 208 g/mol. The van der Waals surface area contributed by atoms with E-state index in [-0.39, 0.29) is 5.92 Å². The lowest BCUT2D eigenvalue weighted by Gasteiger charge is -2.32. The Hall–Kier alpha value is -0.610. The quantitative estimate of drug-likeness (QED) is 0.569. The fourth-order valence-electron chi connectivity index (χ4n) is 4.82.